The van der Waals surface area contributed by atoms with Gasteiger partial charge in [-0.25, -0.2) is 0 Å². The number of hydrogen-bond donors (Lipinski definition) is 0. The third-order valence-corrected chi connectivity index (χ3v) is 2.97. The summed E-state index contributed by atoms with van der Waals surface area (Å²) < 4.78 is 6.07. The minimum absolute atomic E-state index is 0.00394. The summed E-state index contributed by atoms with van der Waals surface area (Å²) in [5.74, 6) is 0. The van der Waals surface area contributed by atoms with E-state index >= 15 is 0 Å². The lowest BCUT2D eigenvalue weighted by molar-refractivity contribution is 0.269. The zero-order valence-corrected chi connectivity index (χ0v) is 11.5. The van der Waals surface area contributed by atoms with Gasteiger partial charge in [0.25, 0.3) is 0 Å². The quantitative estimate of drug-likeness (QED) is 0.715. The van der Waals surface area contributed by atoms with Crippen LogP contribution in [0.25, 0.3) is 0 Å². The molecule has 2 rings (SSSR count). The molecule has 19 heavy (non-hydrogen) atoms. The van der Waals surface area contributed by atoms with Crippen LogP contribution in [0, 0.1) is 6.07 Å². The van der Waals surface area contributed by atoms with Gasteiger partial charge in [0.15, 0.2) is 0 Å². The Labute approximate surface area is 116 Å². The minimum atomic E-state index is -0.00394. The first-order valence-electron chi connectivity index (χ1n) is 6.54. The molecule has 2 aromatic rings. The smallest absolute Gasteiger partial charge is 0.361 e. The predicted octanol–water partition coefficient (Wildman–Crippen LogP) is 1.17. The fourth-order valence-corrected chi connectivity index (χ4v) is 1.94. The van der Waals surface area contributed by atoms with Crippen molar-refractivity contribution in [1.29, 1.82) is 0 Å². The van der Waals surface area contributed by atoms with Crippen LogP contribution in [0.3, 0.4) is 0 Å². The molecule has 2 aromatic carbocycles. The average Bonchev–Trinajstić information content (AvgIpc) is 2.45. The number of likely N-dealkylation sites (N-methyl/N-ethyl adjacent to an activating group) is 1. The van der Waals surface area contributed by atoms with E-state index in [-0.39, 0.29) is 6.92 Å². The molecule has 0 N–H and O–H groups in total. The van der Waals surface area contributed by atoms with Gasteiger partial charge in [0.2, 0.25) is 0 Å². The lowest BCUT2D eigenvalue weighted by Crippen LogP contribution is -2.45. The summed E-state index contributed by atoms with van der Waals surface area (Å²) in [5.41, 5.74) is 2.36. The number of nitrogens with zero attached hydrogens (tertiary/aromatic N) is 1. The maximum absolute atomic E-state index is 6.07. The van der Waals surface area contributed by atoms with Crippen LogP contribution in [0.5, 0.6) is 0 Å². The van der Waals surface area contributed by atoms with Crippen LogP contribution in [0.15, 0.2) is 54.6 Å². The molecule has 0 saturated carbocycles. The van der Waals surface area contributed by atoms with Crippen molar-refractivity contribution in [2.24, 2.45) is 0 Å². The zero-order valence-electron chi connectivity index (χ0n) is 11.5. The van der Waals surface area contributed by atoms with Crippen LogP contribution in [0.1, 0.15) is 0 Å². The summed E-state index contributed by atoms with van der Waals surface area (Å²) in [6, 6.07) is 21.4. The maximum Gasteiger partial charge on any atom is 0.361 e. The van der Waals surface area contributed by atoms with Gasteiger partial charge in [-0.2, -0.15) is 0 Å². The van der Waals surface area contributed by atoms with Gasteiger partial charge >= 0.3 is 6.92 Å². The van der Waals surface area contributed by atoms with E-state index in [9.17, 15) is 0 Å². The largest absolute Gasteiger partial charge is 0.426 e. The summed E-state index contributed by atoms with van der Waals surface area (Å²) in [5, 5.41) is 0. The van der Waals surface area contributed by atoms with Crippen molar-refractivity contribution in [3.8, 4) is 0 Å². The normalized spacial score (nSPS) is 10.7. The predicted molar refractivity (Wildman–Crippen MR) is 81.2 cm³/mol. The average molecular weight is 252 g/mol. The Hall–Kier alpha value is -1.58. The number of rotatable bonds is 6. The molecular formula is C16H19BNO. The van der Waals surface area contributed by atoms with E-state index < -0.39 is 0 Å². The second-order valence-corrected chi connectivity index (χ2v) is 4.80. The van der Waals surface area contributed by atoms with E-state index in [4.69, 9.17) is 4.65 Å². The fraction of sp³-hybridized carbons (Fsp3) is 0.250. The molecule has 3 heteroatoms. The van der Waals surface area contributed by atoms with E-state index in [0.717, 1.165) is 6.54 Å². The monoisotopic (exact) mass is 252 g/mol. The molecule has 0 aliphatic carbocycles. The first kappa shape index (κ1) is 13.8. The van der Waals surface area contributed by atoms with Gasteiger partial charge in [0.1, 0.15) is 0 Å². The second kappa shape index (κ2) is 7.12. The van der Waals surface area contributed by atoms with E-state index in [0.29, 0.717) is 6.61 Å². The topological polar surface area (TPSA) is 12.5 Å². The molecule has 0 fully saturated rings. The Morgan fingerprint density at radius 1 is 1.00 bits per heavy atom. The van der Waals surface area contributed by atoms with Gasteiger partial charge in [-0.1, -0.05) is 54.6 Å². The van der Waals surface area contributed by atoms with Crippen molar-refractivity contribution in [2.75, 3.05) is 27.2 Å². The van der Waals surface area contributed by atoms with Crippen LogP contribution in [-0.4, -0.2) is 39.1 Å². The molecule has 0 atom stereocenters. The highest BCUT2D eigenvalue weighted by atomic mass is 16.4. The van der Waals surface area contributed by atoms with E-state index in [2.05, 4.69) is 49.3 Å². The Morgan fingerprint density at radius 3 is 2.26 bits per heavy atom. The molecule has 0 aliphatic rings. The molecule has 0 saturated heterocycles. The lowest BCUT2D eigenvalue weighted by atomic mass is 9.55. The highest BCUT2D eigenvalue weighted by molar-refractivity contribution is 6.80. The summed E-state index contributed by atoms with van der Waals surface area (Å²) >= 11 is 0. The third-order valence-electron chi connectivity index (χ3n) is 2.97. The van der Waals surface area contributed by atoms with Gasteiger partial charge in [-0.3, -0.25) is 0 Å². The van der Waals surface area contributed by atoms with E-state index in [1.807, 2.05) is 30.3 Å². The Balaban J connectivity index is 2.14. The second-order valence-electron chi connectivity index (χ2n) is 4.80. The van der Waals surface area contributed by atoms with Gasteiger partial charge in [0, 0.05) is 13.2 Å². The molecule has 0 amide bonds. The molecule has 0 bridgehead atoms. The maximum atomic E-state index is 6.07. The van der Waals surface area contributed by atoms with Crippen molar-refractivity contribution in [2.45, 2.75) is 0 Å². The van der Waals surface area contributed by atoms with Crippen molar-refractivity contribution in [1.82, 2.24) is 4.90 Å². The lowest BCUT2D eigenvalue weighted by Gasteiger charge is -2.17. The van der Waals surface area contributed by atoms with Gasteiger partial charge < -0.3 is 9.55 Å². The molecule has 97 valence electrons. The first-order chi connectivity index (χ1) is 9.27. The number of benzene rings is 2. The van der Waals surface area contributed by atoms with Gasteiger partial charge in [0.05, 0.1) is 0 Å². The molecular weight excluding hydrogens is 233 g/mol. The molecule has 1 radical (unpaired) electrons. The molecule has 0 heterocycles. The van der Waals surface area contributed by atoms with Crippen molar-refractivity contribution >= 4 is 17.8 Å². The molecule has 0 unspecified atom stereocenters. The highest BCUT2D eigenvalue weighted by Gasteiger charge is 2.20. The summed E-state index contributed by atoms with van der Waals surface area (Å²) in [7, 11) is 4.11. The van der Waals surface area contributed by atoms with Crippen LogP contribution in [-0.2, 0) is 4.65 Å². The molecule has 0 aromatic heterocycles. The Kier molecular flexibility index (Phi) is 5.19. The molecule has 0 spiro atoms. The van der Waals surface area contributed by atoms with Crippen molar-refractivity contribution < 1.29 is 4.65 Å². The third kappa shape index (κ3) is 4.23. The van der Waals surface area contributed by atoms with Crippen molar-refractivity contribution in [3.05, 3.63) is 60.7 Å². The van der Waals surface area contributed by atoms with Crippen LogP contribution >= 0.6 is 0 Å². The fourth-order valence-electron chi connectivity index (χ4n) is 1.94. The Bertz CT molecular complexity index is 433. The van der Waals surface area contributed by atoms with Crippen LogP contribution < -0.4 is 10.9 Å². The SMILES string of the molecule is CN(C)CCOB(c1cc[c]cc1)c1ccccc1. The summed E-state index contributed by atoms with van der Waals surface area (Å²) in [6.45, 7) is 1.63. The van der Waals surface area contributed by atoms with Crippen LogP contribution in [0.4, 0.5) is 0 Å². The van der Waals surface area contributed by atoms with E-state index in [1.54, 1.807) is 0 Å². The molecule has 2 nitrogen and oxygen atoms in total. The van der Waals surface area contributed by atoms with Gasteiger partial charge in [-0.05, 0) is 31.1 Å². The molecule has 0 aliphatic heterocycles. The van der Waals surface area contributed by atoms with Gasteiger partial charge in [-0.15, -0.1) is 0 Å². The number of hydrogen-bond acceptors (Lipinski definition) is 2. The zero-order chi connectivity index (χ0) is 13.5. The summed E-state index contributed by atoms with van der Waals surface area (Å²) in [4.78, 5) is 2.13. The Morgan fingerprint density at radius 2 is 1.63 bits per heavy atom. The van der Waals surface area contributed by atoms with Crippen molar-refractivity contribution in [3.63, 3.8) is 0 Å². The first-order valence-corrected chi connectivity index (χ1v) is 6.54. The van der Waals surface area contributed by atoms with E-state index in [1.165, 1.54) is 10.9 Å². The standard InChI is InChI=1S/C16H19BNO/c1-18(2)13-14-19-17(15-9-5-3-6-10-15)16-11-7-4-8-12-16/h3,5-12H,13-14H2,1-2H3. The minimum Gasteiger partial charge on any atom is -0.426 e. The van der Waals surface area contributed by atoms with Crippen LogP contribution in [0.2, 0.25) is 0 Å². The summed E-state index contributed by atoms with van der Waals surface area (Å²) in [6.07, 6.45) is 0. The highest BCUT2D eigenvalue weighted by Crippen LogP contribution is 1.95.